The maximum absolute atomic E-state index is 13.0. The topological polar surface area (TPSA) is 80.5 Å². The number of nitrogen functional groups attached to an aromatic ring is 1. The zero-order chi connectivity index (χ0) is 13.3. The number of hydrogen-bond acceptors (Lipinski definition) is 4. The van der Waals surface area contributed by atoms with Crippen molar-refractivity contribution in [3.8, 4) is 0 Å². The van der Waals surface area contributed by atoms with Gasteiger partial charge in [-0.05, 0) is 18.2 Å². The molecule has 1 saturated heterocycles. The molecular formula is C10H13FN2O3S2. The predicted molar refractivity (Wildman–Crippen MR) is 67.4 cm³/mol. The Morgan fingerprint density at radius 2 is 1.89 bits per heavy atom. The summed E-state index contributed by atoms with van der Waals surface area (Å²) in [5.74, 6) is 0.0138. The van der Waals surface area contributed by atoms with E-state index in [1.165, 1.54) is 10.4 Å². The molecule has 8 heteroatoms. The SMILES string of the molecule is Nc1cc(S(=O)(=O)N2CCS(=O)CC2)ccc1F. The molecule has 100 valence electrons. The molecule has 0 unspecified atom stereocenters. The number of hydrogen-bond donors (Lipinski definition) is 1. The number of nitrogens with two attached hydrogens (primary N) is 1. The largest absolute Gasteiger partial charge is 0.396 e. The lowest BCUT2D eigenvalue weighted by molar-refractivity contribution is 0.438. The van der Waals surface area contributed by atoms with E-state index in [2.05, 4.69) is 0 Å². The van der Waals surface area contributed by atoms with Gasteiger partial charge in [0.25, 0.3) is 0 Å². The quantitative estimate of drug-likeness (QED) is 0.787. The van der Waals surface area contributed by atoms with E-state index in [-0.39, 0.29) is 23.7 Å². The Labute approximate surface area is 107 Å². The second kappa shape index (κ2) is 4.94. The zero-order valence-corrected chi connectivity index (χ0v) is 11.1. The van der Waals surface area contributed by atoms with Crippen LogP contribution < -0.4 is 5.73 Å². The van der Waals surface area contributed by atoms with E-state index >= 15 is 0 Å². The van der Waals surface area contributed by atoms with Crippen LogP contribution in [0.5, 0.6) is 0 Å². The number of benzene rings is 1. The average molecular weight is 292 g/mol. The number of anilines is 1. The smallest absolute Gasteiger partial charge is 0.243 e. The number of rotatable bonds is 2. The van der Waals surface area contributed by atoms with Gasteiger partial charge in [-0.15, -0.1) is 0 Å². The molecule has 18 heavy (non-hydrogen) atoms. The molecule has 1 heterocycles. The minimum atomic E-state index is -3.67. The van der Waals surface area contributed by atoms with Crippen molar-refractivity contribution in [3.05, 3.63) is 24.0 Å². The minimum absolute atomic E-state index is 0.0333. The molecule has 1 aliphatic heterocycles. The van der Waals surface area contributed by atoms with Crippen LogP contribution in [-0.2, 0) is 20.8 Å². The lowest BCUT2D eigenvalue weighted by atomic mass is 10.3. The Kier molecular flexibility index (Phi) is 3.69. The summed E-state index contributed by atoms with van der Waals surface area (Å²) < 4.78 is 49.9. The van der Waals surface area contributed by atoms with Gasteiger partial charge in [0.1, 0.15) is 5.82 Å². The lowest BCUT2D eigenvalue weighted by Crippen LogP contribution is -2.41. The molecule has 5 nitrogen and oxygen atoms in total. The van der Waals surface area contributed by atoms with Crippen molar-refractivity contribution < 1.29 is 17.0 Å². The summed E-state index contributed by atoms with van der Waals surface area (Å²) >= 11 is 0. The maximum atomic E-state index is 13.0. The van der Waals surface area contributed by atoms with Gasteiger partial charge in [0.15, 0.2) is 0 Å². The van der Waals surface area contributed by atoms with Gasteiger partial charge in [-0.3, -0.25) is 4.21 Å². The van der Waals surface area contributed by atoms with E-state index in [4.69, 9.17) is 5.73 Å². The fourth-order valence-electron chi connectivity index (χ4n) is 1.69. The minimum Gasteiger partial charge on any atom is -0.396 e. The molecule has 2 N–H and O–H groups in total. The highest BCUT2D eigenvalue weighted by Gasteiger charge is 2.28. The van der Waals surface area contributed by atoms with E-state index in [1.54, 1.807) is 0 Å². The number of sulfonamides is 1. The summed E-state index contributed by atoms with van der Waals surface area (Å²) in [6.45, 7) is 0.429. The Hall–Kier alpha value is -0.990. The first-order chi connectivity index (χ1) is 8.41. The Morgan fingerprint density at radius 1 is 1.28 bits per heavy atom. The molecule has 2 rings (SSSR count). The molecule has 0 atom stereocenters. The van der Waals surface area contributed by atoms with E-state index < -0.39 is 26.6 Å². The highest BCUT2D eigenvalue weighted by Crippen LogP contribution is 2.21. The number of nitrogens with zero attached hydrogens (tertiary/aromatic N) is 1. The molecule has 0 bridgehead atoms. The second-order valence-electron chi connectivity index (χ2n) is 3.94. The van der Waals surface area contributed by atoms with Crippen LogP contribution >= 0.6 is 0 Å². The van der Waals surface area contributed by atoms with E-state index in [1.807, 2.05) is 0 Å². The first-order valence-electron chi connectivity index (χ1n) is 5.31. The summed E-state index contributed by atoms with van der Waals surface area (Å²) in [6.07, 6.45) is 0. The molecule has 0 spiro atoms. The molecule has 0 saturated carbocycles. The fourth-order valence-corrected chi connectivity index (χ4v) is 4.45. The van der Waals surface area contributed by atoms with Gasteiger partial charge in [0.05, 0.1) is 10.6 Å². The van der Waals surface area contributed by atoms with E-state index in [0.29, 0.717) is 11.5 Å². The first-order valence-corrected chi connectivity index (χ1v) is 8.24. The van der Waals surface area contributed by atoms with Crippen molar-refractivity contribution in [2.45, 2.75) is 4.90 Å². The highest BCUT2D eigenvalue weighted by molar-refractivity contribution is 7.89. The fraction of sp³-hybridized carbons (Fsp3) is 0.400. The van der Waals surface area contributed by atoms with Crippen molar-refractivity contribution in [1.29, 1.82) is 0 Å². The van der Waals surface area contributed by atoms with Crippen molar-refractivity contribution in [2.75, 3.05) is 30.3 Å². The summed E-state index contributed by atoms with van der Waals surface area (Å²) in [7, 11) is -4.62. The molecule has 0 amide bonds. The van der Waals surface area contributed by atoms with Crippen LogP contribution in [0.15, 0.2) is 23.1 Å². The zero-order valence-electron chi connectivity index (χ0n) is 9.50. The van der Waals surface area contributed by atoms with Crippen LogP contribution in [-0.4, -0.2) is 41.5 Å². The highest BCUT2D eigenvalue weighted by atomic mass is 32.2. The molecule has 1 fully saturated rings. The molecule has 0 aromatic heterocycles. The van der Waals surface area contributed by atoms with Gasteiger partial charge in [-0.25, -0.2) is 12.8 Å². The second-order valence-corrected chi connectivity index (χ2v) is 7.57. The van der Waals surface area contributed by atoms with Crippen LogP contribution in [0.4, 0.5) is 10.1 Å². The van der Waals surface area contributed by atoms with Crippen molar-refractivity contribution in [2.24, 2.45) is 0 Å². The normalized spacial score (nSPS) is 18.9. The molecule has 1 aliphatic rings. The lowest BCUT2D eigenvalue weighted by Gasteiger charge is -2.25. The van der Waals surface area contributed by atoms with Crippen molar-refractivity contribution in [1.82, 2.24) is 4.31 Å². The maximum Gasteiger partial charge on any atom is 0.243 e. The van der Waals surface area contributed by atoms with Crippen molar-refractivity contribution in [3.63, 3.8) is 0 Å². The first kappa shape index (κ1) is 13.4. The summed E-state index contributed by atoms with van der Waals surface area (Å²) in [4.78, 5) is -0.0333. The molecular weight excluding hydrogens is 279 g/mol. The van der Waals surface area contributed by atoms with Gasteiger partial charge in [0.2, 0.25) is 10.0 Å². The third kappa shape index (κ3) is 2.55. The van der Waals surface area contributed by atoms with Crippen LogP contribution in [0.1, 0.15) is 0 Å². The van der Waals surface area contributed by atoms with Gasteiger partial charge < -0.3 is 5.73 Å². The third-order valence-electron chi connectivity index (χ3n) is 2.74. The van der Waals surface area contributed by atoms with Gasteiger partial charge in [0, 0.05) is 35.4 Å². The molecule has 1 aromatic rings. The Morgan fingerprint density at radius 3 is 2.44 bits per heavy atom. The summed E-state index contributed by atoms with van der Waals surface area (Å²) in [5, 5.41) is 0. The number of halogens is 1. The van der Waals surface area contributed by atoms with Crippen LogP contribution in [0.2, 0.25) is 0 Å². The van der Waals surface area contributed by atoms with E-state index in [9.17, 15) is 17.0 Å². The van der Waals surface area contributed by atoms with Gasteiger partial charge in [-0.1, -0.05) is 0 Å². The molecule has 1 aromatic carbocycles. The predicted octanol–water partition coefficient (Wildman–Crippen LogP) is 0.161. The Bertz CT molecular complexity index is 579. The standard InChI is InChI=1S/C10H13FN2O3S2/c11-9-2-1-8(7-10(9)12)18(15,16)13-3-5-17(14)6-4-13/h1-2,7H,3-6,12H2. The monoisotopic (exact) mass is 292 g/mol. The Balaban J connectivity index is 2.30. The van der Waals surface area contributed by atoms with Gasteiger partial charge in [-0.2, -0.15) is 4.31 Å². The van der Waals surface area contributed by atoms with Gasteiger partial charge >= 0.3 is 0 Å². The summed E-state index contributed by atoms with van der Waals surface area (Å²) in [6, 6.07) is 3.33. The molecule has 0 aliphatic carbocycles. The molecule has 0 radical (unpaired) electrons. The van der Waals surface area contributed by atoms with E-state index in [0.717, 1.165) is 12.1 Å². The summed E-state index contributed by atoms with van der Waals surface area (Å²) in [5.41, 5.74) is 5.16. The van der Waals surface area contributed by atoms with Crippen LogP contribution in [0.3, 0.4) is 0 Å². The average Bonchev–Trinajstić information content (AvgIpc) is 2.33. The van der Waals surface area contributed by atoms with Crippen LogP contribution in [0.25, 0.3) is 0 Å². The third-order valence-corrected chi connectivity index (χ3v) is 5.91. The van der Waals surface area contributed by atoms with Crippen LogP contribution in [0, 0.1) is 5.82 Å². The van der Waals surface area contributed by atoms with Crippen molar-refractivity contribution >= 4 is 26.5 Å².